The fraction of sp³-hybridized carbons (Fsp3) is 0.364. The van der Waals surface area contributed by atoms with E-state index in [9.17, 15) is 9.18 Å². The minimum atomic E-state index is -0.816. The number of hydrogen-bond acceptors (Lipinski definition) is 4. The van der Waals surface area contributed by atoms with Crippen molar-refractivity contribution in [2.24, 2.45) is 5.73 Å². The van der Waals surface area contributed by atoms with E-state index in [1.54, 1.807) is 6.92 Å². The summed E-state index contributed by atoms with van der Waals surface area (Å²) in [5, 5.41) is 8.97. The van der Waals surface area contributed by atoms with Crippen LogP contribution in [0.2, 0.25) is 0 Å². The highest BCUT2D eigenvalue weighted by atomic mass is 19.1. The predicted molar refractivity (Wildman–Crippen MR) is 56.4 cm³/mol. The number of rotatable bonds is 4. The molecule has 1 aromatic rings. The first-order chi connectivity index (χ1) is 7.54. The molecule has 0 aliphatic carbocycles. The molecule has 1 aromatic carbocycles. The monoisotopic (exact) mass is 227 g/mol. The molecule has 0 heterocycles. The molecule has 4 nitrogen and oxygen atoms in total. The van der Waals surface area contributed by atoms with Gasteiger partial charge in [-0.05, 0) is 31.0 Å². The first-order valence-electron chi connectivity index (χ1n) is 4.94. The lowest BCUT2D eigenvalue weighted by Crippen LogP contribution is -2.34. The van der Waals surface area contributed by atoms with E-state index in [1.807, 2.05) is 0 Å². The Hall–Kier alpha value is -1.62. The number of nitrogens with two attached hydrogens (primary N) is 1. The van der Waals surface area contributed by atoms with Crippen LogP contribution in [0.25, 0.3) is 0 Å². The molecule has 0 fully saturated rings. The van der Waals surface area contributed by atoms with Crippen molar-refractivity contribution in [1.82, 2.24) is 0 Å². The van der Waals surface area contributed by atoms with Gasteiger partial charge in [-0.1, -0.05) is 6.07 Å². The number of phenolic OH excluding ortho intramolecular Hbond substituents is 1. The highest BCUT2D eigenvalue weighted by Crippen LogP contribution is 2.17. The molecule has 0 spiro atoms. The second-order valence-electron chi connectivity index (χ2n) is 3.35. The van der Waals surface area contributed by atoms with Crippen molar-refractivity contribution in [2.75, 3.05) is 6.61 Å². The molecule has 0 saturated heterocycles. The third-order valence-electron chi connectivity index (χ3n) is 2.06. The van der Waals surface area contributed by atoms with Crippen LogP contribution < -0.4 is 5.73 Å². The number of aromatic hydroxyl groups is 1. The first-order valence-corrected chi connectivity index (χ1v) is 4.94. The van der Waals surface area contributed by atoms with Gasteiger partial charge in [0.25, 0.3) is 0 Å². The van der Waals surface area contributed by atoms with Gasteiger partial charge in [0.05, 0.1) is 6.61 Å². The molecule has 0 unspecified atom stereocenters. The van der Waals surface area contributed by atoms with Crippen molar-refractivity contribution in [3.05, 3.63) is 29.6 Å². The molecule has 3 N–H and O–H groups in total. The lowest BCUT2D eigenvalue weighted by atomic mass is 10.1. The lowest BCUT2D eigenvalue weighted by Gasteiger charge is -2.10. The van der Waals surface area contributed by atoms with E-state index in [1.165, 1.54) is 12.1 Å². The van der Waals surface area contributed by atoms with E-state index < -0.39 is 23.6 Å². The van der Waals surface area contributed by atoms with Gasteiger partial charge in [-0.15, -0.1) is 0 Å². The number of carbonyl (C=O) groups is 1. The van der Waals surface area contributed by atoms with E-state index >= 15 is 0 Å². The maximum absolute atomic E-state index is 13.0. The number of hydrogen-bond donors (Lipinski definition) is 2. The van der Waals surface area contributed by atoms with Crippen LogP contribution in [0.15, 0.2) is 18.2 Å². The number of phenols is 1. The zero-order valence-electron chi connectivity index (χ0n) is 8.94. The molecular formula is C11H14FNO3. The second kappa shape index (κ2) is 5.46. The van der Waals surface area contributed by atoms with Gasteiger partial charge in [0.15, 0.2) is 11.6 Å². The topological polar surface area (TPSA) is 72.5 Å². The fourth-order valence-corrected chi connectivity index (χ4v) is 1.26. The van der Waals surface area contributed by atoms with Gasteiger partial charge >= 0.3 is 5.97 Å². The molecule has 1 atom stereocenters. The van der Waals surface area contributed by atoms with Crippen molar-refractivity contribution < 1.29 is 19.0 Å². The Bertz CT molecular complexity index is 381. The van der Waals surface area contributed by atoms with Crippen molar-refractivity contribution in [1.29, 1.82) is 0 Å². The molecule has 0 aliphatic heterocycles. The molecule has 0 aromatic heterocycles. The molecular weight excluding hydrogens is 213 g/mol. The Morgan fingerprint density at radius 1 is 1.62 bits per heavy atom. The van der Waals surface area contributed by atoms with Crippen LogP contribution >= 0.6 is 0 Å². The van der Waals surface area contributed by atoms with E-state index in [0.29, 0.717) is 5.56 Å². The van der Waals surface area contributed by atoms with Gasteiger partial charge in [0.1, 0.15) is 6.04 Å². The molecule has 0 aliphatic rings. The van der Waals surface area contributed by atoms with Gasteiger partial charge < -0.3 is 15.6 Å². The standard InChI is InChI=1S/C11H14FNO3/c1-2-16-11(15)9(13)6-7-3-4-10(14)8(12)5-7/h3-5,9,14H,2,6,13H2,1H3/t9-/m0/s1. The normalized spacial score (nSPS) is 12.2. The summed E-state index contributed by atoms with van der Waals surface area (Å²) in [5.41, 5.74) is 6.10. The van der Waals surface area contributed by atoms with Crippen molar-refractivity contribution in [3.63, 3.8) is 0 Å². The van der Waals surface area contributed by atoms with Crippen LogP contribution in [0.3, 0.4) is 0 Å². The van der Waals surface area contributed by atoms with Crippen LogP contribution in [0.5, 0.6) is 5.75 Å². The second-order valence-corrected chi connectivity index (χ2v) is 3.35. The Labute approximate surface area is 92.8 Å². The highest BCUT2D eigenvalue weighted by Gasteiger charge is 2.15. The molecule has 0 radical (unpaired) electrons. The smallest absolute Gasteiger partial charge is 0.323 e. The summed E-state index contributed by atoms with van der Waals surface area (Å²) in [6.45, 7) is 1.95. The summed E-state index contributed by atoms with van der Waals surface area (Å²) >= 11 is 0. The molecule has 0 saturated carbocycles. The molecule has 0 bridgehead atoms. The third-order valence-corrected chi connectivity index (χ3v) is 2.06. The quantitative estimate of drug-likeness (QED) is 0.751. The molecule has 5 heteroatoms. The number of benzene rings is 1. The van der Waals surface area contributed by atoms with Crippen LogP contribution in [0.1, 0.15) is 12.5 Å². The maximum atomic E-state index is 13.0. The van der Waals surface area contributed by atoms with Crippen LogP contribution in [-0.2, 0) is 16.0 Å². The average Bonchev–Trinajstić information content (AvgIpc) is 2.24. The fourth-order valence-electron chi connectivity index (χ4n) is 1.26. The Balaban J connectivity index is 2.66. The number of ether oxygens (including phenoxy) is 1. The van der Waals surface area contributed by atoms with E-state index in [-0.39, 0.29) is 13.0 Å². The molecule has 16 heavy (non-hydrogen) atoms. The van der Waals surface area contributed by atoms with Crippen LogP contribution in [0, 0.1) is 5.82 Å². The summed E-state index contributed by atoms with van der Waals surface area (Å²) < 4.78 is 17.7. The summed E-state index contributed by atoms with van der Waals surface area (Å²) in [6.07, 6.45) is 0.177. The van der Waals surface area contributed by atoms with Crippen LogP contribution in [-0.4, -0.2) is 23.7 Å². The molecule has 1 rings (SSSR count). The van der Waals surface area contributed by atoms with Crippen molar-refractivity contribution >= 4 is 5.97 Å². The number of carbonyl (C=O) groups excluding carboxylic acids is 1. The number of esters is 1. The highest BCUT2D eigenvalue weighted by molar-refractivity contribution is 5.75. The molecule has 0 amide bonds. The summed E-state index contributed by atoms with van der Waals surface area (Å²) in [4.78, 5) is 11.2. The number of halogens is 1. The SMILES string of the molecule is CCOC(=O)[C@@H](N)Cc1ccc(O)c(F)c1. The molecule has 88 valence electrons. The third kappa shape index (κ3) is 3.20. The average molecular weight is 227 g/mol. The minimum absolute atomic E-state index is 0.177. The zero-order chi connectivity index (χ0) is 12.1. The van der Waals surface area contributed by atoms with Gasteiger partial charge in [-0.2, -0.15) is 0 Å². The van der Waals surface area contributed by atoms with E-state index in [4.69, 9.17) is 15.6 Å². The summed E-state index contributed by atoms with van der Waals surface area (Å²) in [6, 6.07) is 3.07. The van der Waals surface area contributed by atoms with Crippen molar-refractivity contribution in [2.45, 2.75) is 19.4 Å². The van der Waals surface area contributed by atoms with Crippen LogP contribution in [0.4, 0.5) is 4.39 Å². The van der Waals surface area contributed by atoms with Gasteiger partial charge in [-0.25, -0.2) is 4.39 Å². The van der Waals surface area contributed by atoms with E-state index in [0.717, 1.165) is 6.07 Å². The Morgan fingerprint density at radius 3 is 2.88 bits per heavy atom. The zero-order valence-corrected chi connectivity index (χ0v) is 8.94. The lowest BCUT2D eigenvalue weighted by molar-refractivity contribution is -0.144. The Kier molecular flexibility index (Phi) is 4.25. The largest absolute Gasteiger partial charge is 0.505 e. The summed E-state index contributed by atoms with van der Waals surface area (Å²) in [5.74, 6) is -1.67. The van der Waals surface area contributed by atoms with Gasteiger partial charge in [0.2, 0.25) is 0 Å². The first kappa shape index (κ1) is 12.4. The predicted octanol–water partition coefficient (Wildman–Crippen LogP) is 0.964. The van der Waals surface area contributed by atoms with Gasteiger partial charge in [-0.3, -0.25) is 4.79 Å². The van der Waals surface area contributed by atoms with E-state index in [2.05, 4.69) is 0 Å². The summed E-state index contributed by atoms with van der Waals surface area (Å²) in [7, 11) is 0. The minimum Gasteiger partial charge on any atom is -0.505 e. The van der Waals surface area contributed by atoms with Gasteiger partial charge in [0, 0.05) is 0 Å². The Morgan fingerprint density at radius 2 is 2.31 bits per heavy atom. The maximum Gasteiger partial charge on any atom is 0.323 e. The van der Waals surface area contributed by atoms with Crippen molar-refractivity contribution in [3.8, 4) is 5.75 Å².